The summed E-state index contributed by atoms with van der Waals surface area (Å²) in [7, 11) is 0. The molecule has 0 fully saturated rings. The first-order valence-electron chi connectivity index (χ1n) is 7.06. The van der Waals surface area contributed by atoms with Gasteiger partial charge in [0.2, 0.25) is 0 Å². The van der Waals surface area contributed by atoms with Gasteiger partial charge in [-0.3, -0.25) is 0 Å². The van der Waals surface area contributed by atoms with Gasteiger partial charge in [-0.15, -0.1) is 0 Å². The highest BCUT2D eigenvalue weighted by Crippen LogP contribution is 2.28. The van der Waals surface area contributed by atoms with Crippen LogP contribution in [0.15, 0.2) is 46.9 Å². The zero-order valence-corrected chi connectivity index (χ0v) is 13.8. The molecule has 2 aromatic carbocycles. The van der Waals surface area contributed by atoms with Crippen molar-refractivity contribution >= 4 is 15.9 Å². The van der Waals surface area contributed by atoms with Crippen molar-refractivity contribution in [3.05, 3.63) is 63.9 Å². The molecule has 1 N–H and O–H groups in total. The Kier molecular flexibility index (Phi) is 5.76. The largest absolute Gasteiger partial charge is 0.494 e. The van der Waals surface area contributed by atoms with E-state index in [0.717, 1.165) is 22.3 Å². The van der Waals surface area contributed by atoms with E-state index in [1.807, 2.05) is 44.2 Å². The Labute approximate surface area is 133 Å². The van der Waals surface area contributed by atoms with Crippen LogP contribution in [0.3, 0.4) is 0 Å². The van der Waals surface area contributed by atoms with E-state index in [2.05, 4.69) is 21.2 Å². The molecule has 0 aromatic heterocycles. The topological polar surface area (TPSA) is 21.3 Å². The smallest absolute Gasteiger partial charge is 0.129 e. The molecule has 4 heteroatoms. The SMILES string of the molecule is CCNC(c1cccc(OCC)c1)c1ccc(Br)cc1F. The minimum atomic E-state index is -0.225. The molecule has 1 unspecified atom stereocenters. The van der Waals surface area contributed by atoms with E-state index in [-0.39, 0.29) is 11.9 Å². The molecule has 1 atom stereocenters. The third kappa shape index (κ3) is 4.05. The van der Waals surface area contributed by atoms with Crippen LogP contribution in [0.4, 0.5) is 4.39 Å². The lowest BCUT2D eigenvalue weighted by Gasteiger charge is -2.20. The molecule has 0 amide bonds. The zero-order valence-electron chi connectivity index (χ0n) is 12.2. The maximum absolute atomic E-state index is 14.3. The number of ether oxygens (including phenoxy) is 1. The van der Waals surface area contributed by atoms with Crippen LogP contribution in [0.25, 0.3) is 0 Å². The molecule has 0 radical (unpaired) electrons. The number of nitrogens with one attached hydrogen (secondary N) is 1. The van der Waals surface area contributed by atoms with Crippen molar-refractivity contribution in [2.75, 3.05) is 13.2 Å². The van der Waals surface area contributed by atoms with Gasteiger partial charge in [-0.25, -0.2) is 4.39 Å². The molecule has 2 nitrogen and oxygen atoms in total. The molecule has 0 aliphatic rings. The first-order valence-corrected chi connectivity index (χ1v) is 7.86. The second-order valence-corrected chi connectivity index (χ2v) is 5.58. The van der Waals surface area contributed by atoms with Crippen molar-refractivity contribution in [3.63, 3.8) is 0 Å². The van der Waals surface area contributed by atoms with Gasteiger partial charge in [0.15, 0.2) is 0 Å². The lowest BCUT2D eigenvalue weighted by Crippen LogP contribution is -2.23. The normalized spacial score (nSPS) is 12.2. The van der Waals surface area contributed by atoms with Crippen LogP contribution in [-0.4, -0.2) is 13.2 Å². The Balaban J connectivity index is 2.40. The van der Waals surface area contributed by atoms with Gasteiger partial charge in [0.1, 0.15) is 11.6 Å². The highest BCUT2D eigenvalue weighted by atomic mass is 79.9. The lowest BCUT2D eigenvalue weighted by atomic mass is 9.98. The van der Waals surface area contributed by atoms with Crippen LogP contribution in [0, 0.1) is 5.82 Å². The highest BCUT2D eigenvalue weighted by Gasteiger charge is 2.17. The average molecular weight is 352 g/mol. The fourth-order valence-corrected chi connectivity index (χ4v) is 2.63. The van der Waals surface area contributed by atoms with Gasteiger partial charge in [0.05, 0.1) is 12.6 Å². The maximum Gasteiger partial charge on any atom is 0.129 e. The third-order valence-electron chi connectivity index (χ3n) is 3.18. The van der Waals surface area contributed by atoms with E-state index < -0.39 is 0 Å². The predicted molar refractivity (Wildman–Crippen MR) is 87.2 cm³/mol. The lowest BCUT2D eigenvalue weighted by molar-refractivity contribution is 0.339. The highest BCUT2D eigenvalue weighted by molar-refractivity contribution is 9.10. The van der Waals surface area contributed by atoms with Gasteiger partial charge >= 0.3 is 0 Å². The van der Waals surface area contributed by atoms with Gasteiger partial charge < -0.3 is 10.1 Å². The van der Waals surface area contributed by atoms with Crippen molar-refractivity contribution < 1.29 is 9.13 Å². The molecule has 0 heterocycles. The first-order chi connectivity index (χ1) is 10.2. The van der Waals surface area contributed by atoms with E-state index in [1.165, 1.54) is 6.07 Å². The molecular weight excluding hydrogens is 333 g/mol. The average Bonchev–Trinajstić information content (AvgIpc) is 2.46. The monoisotopic (exact) mass is 351 g/mol. The van der Waals surface area contributed by atoms with Crippen LogP contribution in [0.2, 0.25) is 0 Å². The maximum atomic E-state index is 14.3. The number of halogens is 2. The predicted octanol–water partition coefficient (Wildman–Crippen LogP) is 4.69. The summed E-state index contributed by atoms with van der Waals surface area (Å²) in [6.07, 6.45) is 0. The van der Waals surface area contributed by atoms with Crippen molar-refractivity contribution in [3.8, 4) is 5.75 Å². The summed E-state index contributed by atoms with van der Waals surface area (Å²) in [4.78, 5) is 0. The molecule has 2 rings (SSSR count). The van der Waals surface area contributed by atoms with E-state index in [1.54, 1.807) is 6.07 Å². The van der Waals surface area contributed by atoms with Gasteiger partial charge in [0, 0.05) is 10.0 Å². The fourth-order valence-electron chi connectivity index (χ4n) is 2.30. The Bertz CT molecular complexity index is 603. The quantitative estimate of drug-likeness (QED) is 0.815. The summed E-state index contributed by atoms with van der Waals surface area (Å²) in [6, 6.07) is 12.7. The van der Waals surface area contributed by atoms with Crippen molar-refractivity contribution in [1.29, 1.82) is 0 Å². The Hall–Kier alpha value is -1.39. The molecule has 0 saturated carbocycles. The molecule has 0 saturated heterocycles. The van der Waals surface area contributed by atoms with Gasteiger partial charge in [0.25, 0.3) is 0 Å². The molecule has 21 heavy (non-hydrogen) atoms. The standard InChI is InChI=1S/C17H19BrFNO/c1-3-20-17(15-9-8-13(18)11-16(15)19)12-6-5-7-14(10-12)21-4-2/h5-11,17,20H,3-4H2,1-2H3. The molecule has 0 aliphatic heterocycles. The number of benzene rings is 2. The Morgan fingerprint density at radius 2 is 2.00 bits per heavy atom. The Morgan fingerprint density at radius 1 is 1.19 bits per heavy atom. The molecule has 0 aliphatic carbocycles. The van der Waals surface area contributed by atoms with Gasteiger partial charge in [-0.1, -0.05) is 41.1 Å². The van der Waals surface area contributed by atoms with Gasteiger partial charge in [-0.2, -0.15) is 0 Å². The van der Waals surface area contributed by atoms with Crippen molar-refractivity contribution in [2.45, 2.75) is 19.9 Å². The Morgan fingerprint density at radius 3 is 2.67 bits per heavy atom. The molecule has 0 spiro atoms. The summed E-state index contributed by atoms with van der Waals surface area (Å²) in [5.74, 6) is 0.576. The van der Waals surface area contributed by atoms with E-state index in [4.69, 9.17) is 4.74 Å². The summed E-state index contributed by atoms with van der Waals surface area (Å²) in [5.41, 5.74) is 1.62. The van der Waals surface area contributed by atoms with E-state index >= 15 is 0 Å². The minimum absolute atomic E-state index is 0.191. The van der Waals surface area contributed by atoms with Crippen molar-refractivity contribution in [2.24, 2.45) is 0 Å². The van der Waals surface area contributed by atoms with Crippen molar-refractivity contribution in [1.82, 2.24) is 5.32 Å². The van der Waals surface area contributed by atoms with Crippen LogP contribution in [-0.2, 0) is 0 Å². The third-order valence-corrected chi connectivity index (χ3v) is 3.68. The van der Waals surface area contributed by atoms with E-state index in [9.17, 15) is 4.39 Å². The van der Waals surface area contributed by atoms with Crippen LogP contribution < -0.4 is 10.1 Å². The molecule has 2 aromatic rings. The second kappa shape index (κ2) is 7.57. The molecular formula is C17H19BrFNO. The zero-order chi connectivity index (χ0) is 15.2. The van der Waals surface area contributed by atoms with Crippen LogP contribution in [0.5, 0.6) is 5.75 Å². The second-order valence-electron chi connectivity index (χ2n) is 4.66. The first kappa shape index (κ1) is 16.0. The number of hydrogen-bond donors (Lipinski definition) is 1. The van der Waals surface area contributed by atoms with Crippen LogP contribution in [0.1, 0.15) is 31.0 Å². The minimum Gasteiger partial charge on any atom is -0.494 e. The number of hydrogen-bond acceptors (Lipinski definition) is 2. The van der Waals surface area contributed by atoms with Crippen LogP contribution >= 0.6 is 15.9 Å². The number of rotatable bonds is 6. The summed E-state index contributed by atoms with van der Waals surface area (Å²) >= 11 is 3.29. The van der Waals surface area contributed by atoms with Gasteiger partial charge in [-0.05, 0) is 43.3 Å². The summed E-state index contributed by atoms with van der Waals surface area (Å²) in [5, 5.41) is 3.33. The summed E-state index contributed by atoms with van der Waals surface area (Å²) < 4.78 is 20.5. The molecule has 0 bridgehead atoms. The fraction of sp³-hybridized carbons (Fsp3) is 0.294. The summed E-state index contributed by atoms with van der Waals surface area (Å²) in [6.45, 7) is 5.32. The molecule has 112 valence electrons. The van der Waals surface area contributed by atoms with E-state index in [0.29, 0.717) is 12.2 Å².